The number of alkyl halides is 1. The minimum atomic E-state index is -3.88. The molecule has 3 aromatic rings. The molecule has 0 aliphatic carbocycles. The Labute approximate surface area is 184 Å². The lowest BCUT2D eigenvalue weighted by molar-refractivity contribution is 0.101. The third-order valence-electron chi connectivity index (χ3n) is 5.23. The van der Waals surface area contributed by atoms with Crippen LogP contribution in [0, 0.1) is 0 Å². The smallest absolute Gasteiger partial charge is 0.264 e. The average Bonchev–Trinajstić information content (AvgIpc) is 2.76. The maximum Gasteiger partial charge on any atom is 0.264 e. The maximum absolute atomic E-state index is 13.5. The molecule has 1 aliphatic rings. The summed E-state index contributed by atoms with van der Waals surface area (Å²) in [7, 11) is -2.46. The van der Waals surface area contributed by atoms with E-state index in [2.05, 4.69) is 15.9 Å². The van der Waals surface area contributed by atoms with Gasteiger partial charge >= 0.3 is 0 Å². The van der Waals surface area contributed by atoms with Crippen LogP contribution in [0.15, 0.2) is 71.3 Å². The number of hydrogen-bond donors (Lipinski definition) is 0. The first-order chi connectivity index (χ1) is 14.4. The summed E-state index contributed by atoms with van der Waals surface area (Å²) in [4.78, 5) is 13.6. The number of likely N-dealkylation sites (N-methyl/N-ethyl adjacent to an activating group) is 1. The Balaban J connectivity index is 1.91. The second-order valence-electron chi connectivity index (χ2n) is 7.00. The van der Waals surface area contributed by atoms with E-state index in [4.69, 9.17) is 4.74 Å². The Kier molecular flexibility index (Phi) is 5.42. The summed E-state index contributed by atoms with van der Waals surface area (Å²) in [6.07, 6.45) is 0. The topological polar surface area (TPSA) is 63.7 Å². The van der Waals surface area contributed by atoms with E-state index in [-0.39, 0.29) is 16.4 Å². The Morgan fingerprint density at radius 1 is 1.03 bits per heavy atom. The Hall–Kier alpha value is -2.64. The van der Waals surface area contributed by atoms with Crippen LogP contribution in [-0.2, 0) is 10.0 Å². The quantitative estimate of drug-likeness (QED) is 0.382. The van der Waals surface area contributed by atoms with Gasteiger partial charge in [-0.2, -0.15) is 0 Å². The van der Waals surface area contributed by atoms with Crippen molar-refractivity contribution in [3.63, 3.8) is 0 Å². The van der Waals surface area contributed by atoms with E-state index in [0.717, 1.165) is 15.1 Å². The molecule has 0 saturated carbocycles. The molecular weight excluding hydrogens is 466 g/mol. The molecule has 0 N–H and O–H groups in total. The number of nitrogens with zero attached hydrogens (tertiary/aromatic N) is 1. The first-order valence-electron chi connectivity index (χ1n) is 9.41. The molecule has 0 atom stereocenters. The zero-order valence-corrected chi connectivity index (χ0v) is 19.0. The minimum Gasteiger partial charge on any atom is -0.492 e. The summed E-state index contributed by atoms with van der Waals surface area (Å²) in [6.45, 7) is 2.15. The number of Topliss-reactive ketones (excluding diaryl/α,β-unsaturated/α-hetero) is 1. The van der Waals surface area contributed by atoms with Crippen molar-refractivity contribution in [1.82, 2.24) is 4.31 Å². The van der Waals surface area contributed by atoms with Gasteiger partial charge in [-0.3, -0.25) is 9.10 Å². The second-order valence-corrected chi connectivity index (χ2v) is 9.73. The molecule has 154 valence electrons. The molecule has 0 spiro atoms. The maximum atomic E-state index is 13.5. The predicted molar refractivity (Wildman–Crippen MR) is 122 cm³/mol. The Morgan fingerprint density at radius 2 is 1.77 bits per heavy atom. The number of hydrogen-bond acceptors (Lipinski definition) is 4. The monoisotopic (exact) mass is 485 g/mol. The van der Waals surface area contributed by atoms with Crippen molar-refractivity contribution in [1.29, 1.82) is 0 Å². The number of halogens is 1. The highest BCUT2D eigenvalue weighted by Gasteiger charge is 2.37. The standard InChI is InChI=1S/C23H20BrNO4S/c1-15-21-19(29-13-12-24)8-5-9-20(21)30(27,28)25(2)22(15)23(26)18-11-10-16-6-3-4-7-17(16)14-18/h3-11,14H,12-13H2,1-2H3. The molecule has 7 heteroatoms. The van der Waals surface area contributed by atoms with Crippen LogP contribution in [0.5, 0.6) is 5.75 Å². The van der Waals surface area contributed by atoms with E-state index in [1.807, 2.05) is 30.3 Å². The zero-order valence-electron chi connectivity index (χ0n) is 16.6. The number of allylic oxidation sites excluding steroid dienone is 2. The highest BCUT2D eigenvalue weighted by molar-refractivity contribution is 9.09. The summed E-state index contributed by atoms with van der Waals surface area (Å²) in [6, 6.07) is 18.0. The van der Waals surface area contributed by atoms with Gasteiger partial charge < -0.3 is 4.74 Å². The molecule has 4 rings (SSSR count). The molecule has 0 saturated heterocycles. The van der Waals surface area contributed by atoms with Crippen LogP contribution in [0.1, 0.15) is 22.8 Å². The van der Waals surface area contributed by atoms with Crippen LogP contribution < -0.4 is 4.74 Å². The lowest BCUT2D eigenvalue weighted by Gasteiger charge is -2.31. The minimum absolute atomic E-state index is 0.132. The molecule has 30 heavy (non-hydrogen) atoms. The number of sulfonamides is 1. The van der Waals surface area contributed by atoms with E-state index in [9.17, 15) is 13.2 Å². The van der Waals surface area contributed by atoms with E-state index in [1.165, 1.54) is 7.05 Å². The molecule has 5 nitrogen and oxygen atoms in total. The van der Waals surface area contributed by atoms with Crippen LogP contribution in [0.3, 0.4) is 0 Å². The number of ketones is 1. The van der Waals surface area contributed by atoms with Crippen LogP contribution >= 0.6 is 15.9 Å². The van der Waals surface area contributed by atoms with E-state index >= 15 is 0 Å². The Morgan fingerprint density at radius 3 is 2.50 bits per heavy atom. The number of rotatable bonds is 5. The van der Waals surface area contributed by atoms with Crippen molar-refractivity contribution in [3.8, 4) is 5.75 Å². The van der Waals surface area contributed by atoms with Gasteiger partial charge in [-0.15, -0.1) is 0 Å². The average molecular weight is 486 g/mol. The number of carbonyl (C=O) groups excluding carboxylic acids is 1. The molecule has 0 aromatic heterocycles. The van der Waals surface area contributed by atoms with Crippen molar-refractivity contribution >= 4 is 48.1 Å². The van der Waals surface area contributed by atoms with Gasteiger partial charge in [0.2, 0.25) is 5.78 Å². The van der Waals surface area contributed by atoms with Crippen LogP contribution in [0.4, 0.5) is 0 Å². The van der Waals surface area contributed by atoms with Gasteiger partial charge in [0.15, 0.2) is 0 Å². The van der Waals surface area contributed by atoms with Gasteiger partial charge in [-0.25, -0.2) is 8.42 Å². The van der Waals surface area contributed by atoms with E-state index in [0.29, 0.717) is 34.4 Å². The molecule has 0 fully saturated rings. The lowest BCUT2D eigenvalue weighted by atomic mass is 9.97. The van der Waals surface area contributed by atoms with Crippen molar-refractivity contribution in [2.45, 2.75) is 11.8 Å². The largest absolute Gasteiger partial charge is 0.492 e. The van der Waals surface area contributed by atoms with Gasteiger partial charge in [-0.05, 0) is 41.5 Å². The number of fused-ring (bicyclic) bond motifs is 2. The highest BCUT2D eigenvalue weighted by Crippen LogP contribution is 2.41. The van der Waals surface area contributed by atoms with Gasteiger partial charge in [0.25, 0.3) is 10.0 Å². The van der Waals surface area contributed by atoms with Crippen molar-refractivity contribution < 1.29 is 17.9 Å². The number of carbonyl (C=O) groups is 1. The normalized spacial score (nSPS) is 15.2. The highest BCUT2D eigenvalue weighted by atomic mass is 79.9. The molecular formula is C23H20BrNO4S. The van der Waals surface area contributed by atoms with Gasteiger partial charge in [0.1, 0.15) is 11.4 Å². The van der Waals surface area contributed by atoms with Crippen LogP contribution in [0.2, 0.25) is 0 Å². The predicted octanol–water partition coefficient (Wildman–Crippen LogP) is 4.86. The van der Waals surface area contributed by atoms with E-state index < -0.39 is 10.0 Å². The molecule has 0 amide bonds. The second kappa shape index (κ2) is 7.89. The molecule has 0 bridgehead atoms. The molecule has 1 heterocycles. The summed E-state index contributed by atoms with van der Waals surface area (Å²) in [5.41, 5.74) is 1.59. The molecule has 1 aliphatic heterocycles. The van der Waals surface area contributed by atoms with Gasteiger partial charge in [0.05, 0.1) is 11.5 Å². The number of ether oxygens (including phenoxy) is 1. The van der Waals surface area contributed by atoms with Crippen molar-refractivity contribution in [2.75, 3.05) is 19.0 Å². The first-order valence-corrected chi connectivity index (χ1v) is 12.0. The molecule has 0 unspecified atom stereocenters. The van der Waals surface area contributed by atoms with Crippen LogP contribution in [0.25, 0.3) is 16.3 Å². The lowest BCUT2D eigenvalue weighted by Crippen LogP contribution is -2.35. The van der Waals surface area contributed by atoms with Crippen molar-refractivity contribution in [3.05, 3.63) is 77.5 Å². The number of benzene rings is 3. The SMILES string of the molecule is CC1=C(C(=O)c2ccc3ccccc3c2)N(C)S(=O)(=O)c2cccc(OCCBr)c21. The van der Waals surface area contributed by atoms with E-state index in [1.54, 1.807) is 37.3 Å². The third-order valence-corrected chi connectivity index (χ3v) is 7.36. The summed E-state index contributed by atoms with van der Waals surface area (Å²) in [5, 5.41) is 2.54. The molecule has 0 radical (unpaired) electrons. The fourth-order valence-electron chi connectivity index (χ4n) is 3.77. The zero-order chi connectivity index (χ0) is 21.5. The summed E-state index contributed by atoms with van der Waals surface area (Å²) in [5.74, 6) is 0.107. The summed E-state index contributed by atoms with van der Waals surface area (Å²) < 4.78 is 33.3. The third kappa shape index (κ3) is 3.32. The summed E-state index contributed by atoms with van der Waals surface area (Å²) >= 11 is 3.32. The van der Waals surface area contributed by atoms with Crippen LogP contribution in [-0.4, -0.2) is 37.5 Å². The fraction of sp³-hybridized carbons (Fsp3) is 0.174. The first kappa shape index (κ1) is 20.6. The fourth-order valence-corrected chi connectivity index (χ4v) is 5.45. The van der Waals surface area contributed by atoms with Gasteiger partial charge in [-0.1, -0.05) is 58.4 Å². The van der Waals surface area contributed by atoms with Gasteiger partial charge in [0, 0.05) is 23.5 Å². The molecule has 3 aromatic carbocycles. The Bertz CT molecular complexity index is 1300. The van der Waals surface area contributed by atoms with Crippen molar-refractivity contribution in [2.24, 2.45) is 0 Å².